The highest BCUT2D eigenvalue weighted by Crippen LogP contribution is 2.35. The molecule has 0 spiro atoms. The lowest BCUT2D eigenvalue weighted by Crippen LogP contribution is -2.39. The van der Waals surface area contributed by atoms with Crippen molar-refractivity contribution in [2.75, 3.05) is 0 Å². The molecule has 0 bridgehead atoms. The second-order valence-corrected chi connectivity index (χ2v) is 5.73. The maximum atomic E-state index is 6.47. The monoisotopic (exact) mass is 232 g/mol. The summed E-state index contributed by atoms with van der Waals surface area (Å²) in [6.45, 7) is 6.78. The van der Waals surface area contributed by atoms with E-state index in [1.165, 1.54) is 30.5 Å². The third-order valence-corrected chi connectivity index (χ3v) is 4.36. The fraction of sp³-hybridized carbons (Fsp3) is 0.667. The van der Waals surface area contributed by atoms with E-state index in [-0.39, 0.29) is 6.04 Å². The van der Waals surface area contributed by atoms with Crippen LogP contribution in [0.5, 0.6) is 0 Å². The van der Waals surface area contributed by atoms with Crippen molar-refractivity contribution in [2.45, 2.75) is 52.0 Å². The Morgan fingerprint density at radius 2 is 2.12 bits per heavy atom. The highest BCUT2D eigenvalue weighted by atomic mass is 14.8. The molecule has 0 amide bonds. The molecule has 0 aromatic carbocycles. The SMILES string of the molecule is CC(C)C(C)C(N)C1CCCc2cccnc21. The van der Waals surface area contributed by atoms with E-state index in [9.17, 15) is 0 Å². The van der Waals surface area contributed by atoms with Crippen LogP contribution < -0.4 is 5.73 Å². The molecule has 1 aliphatic carbocycles. The normalized spacial score (nSPS) is 23.2. The summed E-state index contributed by atoms with van der Waals surface area (Å²) in [5.41, 5.74) is 9.14. The molecule has 3 atom stereocenters. The summed E-state index contributed by atoms with van der Waals surface area (Å²) in [7, 11) is 0. The largest absolute Gasteiger partial charge is 0.327 e. The molecule has 3 unspecified atom stereocenters. The molecule has 0 fully saturated rings. The molecule has 17 heavy (non-hydrogen) atoms. The summed E-state index contributed by atoms with van der Waals surface area (Å²) >= 11 is 0. The molecule has 0 saturated heterocycles. The quantitative estimate of drug-likeness (QED) is 0.869. The molecule has 2 heteroatoms. The molecule has 1 aliphatic rings. The topological polar surface area (TPSA) is 38.9 Å². The number of rotatable bonds is 3. The van der Waals surface area contributed by atoms with Crippen molar-refractivity contribution >= 4 is 0 Å². The summed E-state index contributed by atoms with van der Waals surface area (Å²) in [5, 5.41) is 0. The van der Waals surface area contributed by atoms with E-state index in [1.807, 2.05) is 12.3 Å². The highest BCUT2D eigenvalue weighted by molar-refractivity contribution is 5.27. The van der Waals surface area contributed by atoms with Crippen LogP contribution in [0.2, 0.25) is 0 Å². The Morgan fingerprint density at radius 1 is 1.35 bits per heavy atom. The first-order valence-corrected chi connectivity index (χ1v) is 6.80. The van der Waals surface area contributed by atoms with Crippen LogP contribution >= 0.6 is 0 Å². The van der Waals surface area contributed by atoms with Crippen molar-refractivity contribution in [3.05, 3.63) is 29.6 Å². The Labute approximate surface area is 105 Å². The minimum Gasteiger partial charge on any atom is -0.327 e. The molecule has 0 saturated carbocycles. The van der Waals surface area contributed by atoms with Gasteiger partial charge in [0.05, 0.1) is 0 Å². The Kier molecular flexibility index (Phi) is 3.82. The van der Waals surface area contributed by atoms with Crippen LogP contribution in [0, 0.1) is 11.8 Å². The average Bonchev–Trinajstić information content (AvgIpc) is 2.36. The number of aryl methyl sites for hydroxylation is 1. The van der Waals surface area contributed by atoms with Gasteiger partial charge < -0.3 is 5.73 Å². The van der Waals surface area contributed by atoms with Gasteiger partial charge in [-0.3, -0.25) is 4.98 Å². The molecule has 0 radical (unpaired) electrons. The lowest BCUT2D eigenvalue weighted by atomic mass is 9.75. The van der Waals surface area contributed by atoms with Crippen molar-refractivity contribution in [3.8, 4) is 0 Å². The van der Waals surface area contributed by atoms with Gasteiger partial charge in [-0.05, 0) is 42.7 Å². The highest BCUT2D eigenvalue weighted by Gasteiger charge is 2.30. The van der Waals surface area contributed by atoms with Gasteiger partial charge in [-0.1, -0.05) is 26.8 Å². The smallest absolute Gasteiger partial charge is 0.0481 e. The molecule has 1 heterocycles. The second kappa shape index (κ2) is 5.18. The fourth-order valence-electron chi connectivity index (χ4n) is 2.83. The maximum absolute atomic E-state index is 6.47. The molecule has 2 rings (SSSR count). The minimum atomic E-state index is 0.240. The van der Waals surface area contributed by atoms with E-state index in [1.54, 1.807) is 0 Å². The standard InChI is InChI=1S/C15H24N2/c1-10(2)11(3)14(16)13-8-4-6-12-7-5-9-17-15(12)13/h5,7,9-11,13-14H,4,6,8,16H2,1-3H3. The van der Waals surface area contributed by atoms with E-state index >= 15 is 0 Å². The van der Waals surface area contributed by atoms with Crippen LogP contribution in [0.4, 0.5) is 0 Å². The number of fused-ring (bicyclic) bond motifs is 1. The van der Waals surface area contributed by atoms with Crippen LogP contribution in [-0.4, -0.2) is 11.0 Å². The van der Waals surface area contributed by atoms with Gasteiger partial charge in [-0.2, -0.15) is 0 Å². The van der Waals surface area contributed by atoms with Crippen molar-refractivity contribution < 1.29 is 0 Å². The van der Waals surface area contributed by atoms with Gasteiger partial charge in [0.1, 0.15) is 0 Å². The zero-order valence-electron chi connectivity index (χ0n) is 11.2. The lowest BCUT2D eigenvalue weighted by Gasteiger charge is -2.34. The summed E-state index contributed by atoms with van der Waals surface area (Å²) < 4.78 is 0. The molecule has 94 valence electrons. The van der Waals surface area contributed by atoms with Crippen molar-refractivity contribution in [1.82, 2.24) is 4.98 Å². The van der Waals surface area contributed by atoms with E-state index in [4.69, 9.17) is 5.73 Å². The number of nitrogens with two attached hydrogens (primary N) is 1. The Morgan fingerprint density at radius 3 is 2.82 bits per heavy atom. The van der Waals surface area contributed by atoms with E-state index < -0.39 is 0 Å². The number of aromatic nitrogens is 1. The second-order valence-electron chi connectivity index (χ2n) is 5.73. The van der Waals surface area contributed by atoms with Crippen molar-refractivity contribution in [2.24, 2.45) is 17.6 Å². The van der Waals surface area contributed by atoms with Gasteiger partial charge in [-0.25, -0.2) is 0 Å². The number of hydrogen-bond acceptors (Lipinski definition) is 2. The zero-order chi connectivity index (χ0) is 12.4. The molecular formula is C15H24N2. The van der Waals surface area contributed by atoms with Crippen molar-refractivity contribution in [3.63, 3.8) is 0 Å². The van der Waals surface area contributed by atoms with Crippen LogP contribution in [0.3, 0.4) is 0 Å². The number of nitrogens with zero attached hydrogens (tertiary/aromatic N) is 1. The Bertz CT molecular complexity index is 373. The predicted molar refractivity (Wildman–Crippen MR) is 71.9 cm³/mol. The van der Waals surface area contributed by atoms with Gasteiger partial charge >= 0.3 is 0 Å². The molecular weight excluding hydrogens is 208 g/mol. The van der Waals surface area contributed by atoms with Gasteiger partial charge in [-0.15, -0.1) is 0 Å². The van der Waals surface area contributed by atoms with Crippen LogP contribution in [-0.2, 0) is 6.42 Å². The van der Waals surface area contributed by atoms with E-state index in [2.05, 4.69) is 31.8 Å². The Hall–Kier alpha value is -0.890. The fourth-order valence-corrected chi connectivity index (χ4v) is 2.83. The molecule has 2 nitrogen and oxygen atoms in total. The van der Waals surface area contributed by atoms with Crippen molar-refractivity contribution in [1.29, 1.82) is 0 Å². The van der Waals surface area contributed by atoms with Gasteiger partial charge in [0.25, 0.3) is 0 Å². The minimum absolute atomic E-state index is 0.240. The number of hydrogen-bond donors (Lipinski definition) is 1. The van der Waals surface area contributed by atoms with Crippen LogP contribution in [0.25, 0.3) is 0 Å². The van der Waals surface area contributed by atoms with E-state index in [0.717, 1.165) is 0 Å². The van der Waals surface area contributed by atoms with E-state index in [0.29, 0.717) is 17.8 Å². The molecule has 1 aromatic heterocycles. The predicted octanol–water partition coefficient (Wildman–Crippen LogP) is 3.12. The first-order chi connectivity index (χ1) is 8.11. The first-order valence-electron chi connectivity index (χ1n) is 6.80. The molecule has 1 aromatic rings. The first kappa shape index (κ1) is 12.6. The van der Waals surface area contributed by atoms with Gasteiger partial charge in [0, 0.05) is 23.9 Å². The Balaban J connectivity index is 2.23. The molecule has 2 N–H and O–H groups in total. The van der Waals surface area contributed by atoms with Gasteiger partial charge in [0.15, 0.2) is 0 Å². The summed E-state index contributed by atoms with van der Waals surface area (Å²) in [5.74, 6) is 1.64. The zero-order valence-corrected chi connectivity index (χ0v) is 11.2. The van der Waals surface area contributed by atoms with Gasteiger partial charge in [0.2, 0.25) is 0 Å². The number of pyridine rings is 1. The third-order valence-electron chi connectivity index (χ3n) is 4.36. The van der Waals surface area contributed by atoms with Crippen LogP contribution in [0.1, 0.15) is 50.8 Å². The maximum Gasteiger partial charge on any atom is 0.0481 e. The average molecular weight is 232 g/mol. The molecule has 0 aliphatic heterocycles. The third kappa shape index (κ3) is 2.52. The summed E-state index contributed by atoms with van der Waals surface area (Å²) in [4.78, 5) is 4.58. The van der Waals surface area contributed by atoms with Crippen LogP contribution in [0.15, 0.2) is 18.3 Å². The summed E-state index contributed by atoms with van der Waals surface area (Å²) in [6, 6.07) is 4.49. The summed E-state index contributed by atoms with van der Waals surface area (Å²) in [6.07, 6.45) is 5.52. The lowest BCUT2D eigenvalue weighted by molar-refractivity contribution is 0.290.